The van der Waals surface area contributed by atoms with Crippen LogP contribution in [0.3, 0.4) is 0 Å². The molecule has 0 radical (unpaired) electrons. The molecule has 146 valence electrons. The van der Waals surface area contributed by atoms with E-state index in [2.05, 4.69) is 53.7 Å². The first-order valence-corrected chi connectivity index (χ1v) is 10.8. The first kappa shape index (κ1) is 21.4. The number of ether oxygens (including phenoxy) is 1. The Labute approximate surface area is 167 Å². The van der Waals surface area contributed by atoms with E-state index in [4.69, 9.17) is 16.3 Å². The maximum atomic E-state index is 12.4. The SMILES string of the molecule is COc1c(C(C)(C)C)cc(C2SCC(=O)N2CCCCl)cc1C(C)(C)C. The van der Waals surface area contributed by atoms with Gasteiger partial charge in [0.15, 0.2) is 0 Å². The lowest BCUT2D eigenvalue weighted by Crippen LogP contribution is -2.30. The standard InChI is InChI=1S/C21H32ClNO2S/c1-20(2,3)15-11-14(12-16(18(15)25-7)21(4,5)6)19-23(10-8-9-22)17(24)13-26-19/h11-12,19H,8-10,13H2,1-7H3. The van der Waals surface area contributed by atoms with Gasteiger partial charge in [0.05, 0.1) is 12.9 Å². The molecule has 3 nitrogen and oxygen atoms in total. The van der Waals surface area contributed by atoms with Gasteiger partial charge in [-0.15, -0.1) is 23.4 Å². The summed E-state index contributed by atoms with van der Waals surface area (Å²) < 4.78 is 5.86. The van der Waals surface area contributed by atoms with Crippen LogP contribution in [0.1, 0.15) is 70.0 Å². The highest BCUT2D eigenvalue weighted by atomic mass is 35.5. The van der Waals surface area contributed by atoms with E-state index < -0.39 is 0 Å². The number of methoxy groups -OCH3 is 1. The Morgan fingerprint density at radius 1 is 1.15 bits per heavy atom. The Kier molecular flexibility index (Phi) is 6.61. The predicted molar refractivity (Wildman–Crippen MR) is 113 cm³/mol. The van der Waals surface area contributed by atoms with Crippen LogP contribution < -0.4 is 4.74 Å². The molecule has 1 amide bonds. The van der Waals surface area contributed by atoms with Gasteiger partial charge in [0.2, 0.25) is 5.91 Å². The fourth-order valence-corrected chi connectivity index (χ4v) is 4.65. The van der Waals surface area contributed by atoms with E-state index >= 15 is 0 Å². The molecule has 0 spiro atoms. The van der Waals surface area contributed by atoms with E-state index in [1.54, 1.807) is 18.9 Å². The van der Waals surface area contributed by atoms with Gasteiger partial charge in [-0.2, -0.15) is 0 Å². The largest absolute Gasteiger partial charge is 0.496 e. The summed E-state index contributed by atoms with van der Waals surface area (Å²) in [4.78, 5) is 14.4. The maximum Gasteiger partial charge on any atom is 0.233 e. The molecule has 5 heteroatoms. The molecule has 0 aromatic heterocycles. The second-order valence-electron chi connectivity index (χ2n) is 8.94. The second-order valence-corrected chi connectivity index (χ2v) is 10.4. The minimum atomic E-state index is -0.0460. The third-order valence-electron chi connectivity index (χ3n) is 4.72. The molecular formula is C21H32ClNO2S. The van der Waals surface area contributed by atoms with Crippen LogP contribution in [0.25, 0.3) is 0 Å². The van der Waals surface area contributed by atoms with E-state index in [9.17, 15) is 4.79 Å². The monoisotopic (exact) mass is 397 g/mol. The number of rotatable bonds is 5. The Bertz CT molecular complexity index is 626. The fraction of sp³-hybridized carbons (Fsp3) is 0.667. The Balaban J connectivity index is 2.60. The molecule has 0 bridgehead atoms. The maximum absolute atomic E-state index is 12.4. The van der Waals surface area contributed by atoms with Crippen molar-refractivity contribution >= 4 is 29.3 Å². The zero-order valence-electron chi connectivity index (χ0n) is 17.1. The van der Waals surface area contributed by atoms with Crippen molar-refractivity contribution in [3.8, 4) is 5.75 Å². The summed E-state index contributed by atoms with van der Waals surface area (Å²) in [6.45, 7) is 14.0. The lowest BCUT2D eigenvalue weighted by atomic mass is 9.78. The zero-order valence-corrected chi connectivity index (χ0v) is 18.7. The summed E-state index contributed by atoms with van der Waals surface area (Å²) in [5, 5.41) is 0.0545. The Morgan fingerprint density at radius 3 is 2.12 bits per heavy atom. The molecule has 0 aliphatic carbocycles. The number of carbonyl (C=O) groups excluding carboxylic acids is 1. The predicted octanol–water partition coefficient (Wildman–Crippen LogP) is 5.49. The Hall–Kier alpha value is -0.870. The molecule has 26 heavy (non-hydrogen) atoms. The van der Waals surface area contributed by atoms with Crippen molar-refractivity contribution in [3.63, 3.8) is 0 Å². The first-order chi connectivity index (χ1) is 12.0. The van der Waals surface area contributed by atoms with Crippen molar-refractivity contribution in [3.05, 3.63) is 28.8 Å². The number of amides is 1. The molecule has 0 N–H and O–H groups in total. The molecule has 2 rings (SSSR count). The van der Waals surface area contributed by atoms with E-state index in [1.807, 2.05) is 4.90 Å². The third kappa shape index (κ3) is 4.51. The highest BCUT2D eigenvalue weighted by Gasteiger charge is 2.35. The van der Waals surface area contributed by atoms with Crippen molar-refractivity contribution in [1.82, 2.24) is 4.90 Å². The lowest BCUT2D eigenvalue weighted by molar-refractivity contribution is -0.128. The summed E-state index contributed by atoms with van der Waals surface area (Å²) in [7, 11) is 1.75. The number of benzene rings is 1. The van der Waals surface area contributed by atoms with Gasteiger partial charge in [0.1, 0.15) is 11.1 Å². The third-order valence-corrected chi connectivity index (χ3v) is 6.24. The average Bonchev–Trinajstić information content (AvgIpc) is 2.90. The summed E-state index contributed by atoms with van der Waals surface area (Å²) in [6.07, 6.45) is 0.818. The number of hydrogen-bond acceptors (Lipinski definition) is 3. The highest BCUT2D eigenvalue weighted by molar-refractivity contribution is 8.00. The van der Waals surface area contributed by atoms with Gasteiger partial charge in [-0.25, -0.2) is 0 Å². The van der Waals surface area contributed by atoms with Crippen LogP contribution in [0.15, 0.2) is 12.1 Å². The van der Waals surface area contributed by atoms with Crippen molar-refractivity contribution in [1.29, 1.82) is 0 Å². The minimum absolute atomic E-state index is 0.0460. The van der Waals surface area contributed by atoms with Gasteiger partial charge in [-0.1, -0.05) is 41.5 Å². The van der Waals surface area contributed by atoms with E-state index in [0.717, 1.165) is 12.2 Å². The number of nitrogens with zero attached hydrogens (tertiary/aromatic N) is 1. The zero-order chi connectivity index (χ0) is 19.7. The van der Waals surface area contributed by atoms with Gasteiger partial charge in [-0.05, 0) is 34.9 Å². The molecule has 1 aliphatic rings. The topological polar surface area (TPSA) is 29.5 Å². The molecular weight excluding hydrogens is 366 g/mol. The highest BCUT2D eigenvalue weighted by Crippen LogP contribution is 2.46. The second kappa shape index (κ2) is 8.02. The van der Waals surface area contributed by atoms with Crippen LogP contribution in [0.5, 0.6) is 5.75 Å². The molecule has 1 saturated heterocycles. The van der Waals surface area contributed by atoms with Gasteiger partial charge in [0, 0.05) is 23.6 Å². The first-order valence-electron chi connectivity index (χ1n) is 9.20. The molecule has 1 aromatic rings. The molecule has 1 unspecified atom stereocenters. The minimum Gasteiger partial charge on any atom is -0.496 e. The molecule has 1 heterocycles. The van der Waals surface area contributed by atoms with Crippen LogP contribution in [0, 0.1) is 0 Å². The molecule has 1 fully saturated rings. The van der Waals surface area contributed by atoms with Crippen molar-refractivity contribution < 1.29 is 9.53 Å². The quantitative estimate of drug-likeness (QED) is 0.615. The van der Waals surface area contributed by atoms with Crippen LogP contribution in [0.2, 0.25) is 0 Å². The van der Waals surface area contributed by atoms with Crippen molar-refractivity contribution in [2.24, 2.45) is 0 Å². The number of halogens is 1. The number of alkyl halides is 1. The molecule has 1 aliphatic heterocycles. The number of carbonyl (C=O) groups is 1. The van der Waals surface area contributed by atoms with Crippen LogP contribution in [-0.4, -0.2) is 36.1 Å². The smallest absolute Gasteiger partial charge is 0.233 e. The lowest BCUT2D eigenvalue weighted by Gasteiger charge is -2.32. The Morgan fingerprint density at radius 2 is 1.69 bits per heavy atom. The summed E-state index contributed by atoms with van der Waals surface area (Å²) in [5.74, 6) is 2.28. The van der Waals surface area contributed by atoms with E-state index in [-0.39, 0.29) is 22.1 Å². The fourth-order valence-electron chi connectivity index (χ4n) is 3.33. The van der Waals surface area contributed by atoms with Gasteiger partial charge in [0.25, 0.3) is 0 Å². The molecule has 1 aromatic carbocycles. The van der Waals surface area contributed by atoms with Crippen molar-refractivity contribution in [2.75, 3.05) is 25.3 Å². The summed E-state index contributed by atoms with van der Waals surface area (Å²) >= 11 is 7.58. The summed E-state index contributed by atoms with van der Waals surface area (Å²) in [5.41, 5.74) is 3.48. The normalized spacial score (nSPS) is 18.5. The van der Waals surface area contributed by atoms with E-state index in [0.29, 0.717) is 18.2 Å². The molecule has 1 atom stereocenters. The van der Waals surface area contributed by atoms with Gasteiger partial charge in [-0.3, -0.25) is 4.79 Å². The van der Waals surface area contributed by atoms with Crippen LogP contribution in [0.4, 0.5) is 0 Å². The summed E-state index contributed by atoms with van der Waals surface area (Å²) in [6, 6.07) is 4.47. The average molecular weight is 398 g/mol. The van der Waals surface area contributed by atoms with Crippen LogP contribution in [-0.2, 0) is 15.6 Å². The van der Waals surface area contributed by atoms with Crippen LogP contribution >= 0.6 is 23.4 Å². The molecule has 0 saturated carbocycles. The van der Waals surface area contributed by atoms with Crippen molar-refractivity contribution in [2.45, 2.75) is 64.2 Å². The van der Waals surface area contributed by atoms with Gasteiger partial charge >= 0.3 is 0 Å². The van der Waals surface area contributed by atoms with E-state index in [1.165, 1.54) is 16.7 Å². The number of hydrogen-bond donors (Lipinski definition) is 0. The number of thioether (sulfide) groups is 1. The van der Waals surface area contributed by atoms with Gasteiger partial charge < -0.3 is 9.64 Å².